The monoisotopic (exact) mass is 168 g/mol. The van der Waals surface area contributed by atoms with Crippen molar-refractivity contribution in [2.75, 3.05) is 6.54 Å². The van der Waals surface area contributed by atoms with Crippen molar-refractivity contribution in [2.24, 2.45) is 5.73 Å². The number of rotatable bonds is 2. The standard InChI is InChI=1S/C9H16N2O/c10-9(12)8-6-11(8)7-4-2-1-3-5-7/h7-8H,1-6H2,(H2,10,12)/t8-,11?/m0/s1. The molecular weight excluding hydrogens is 152 g/mol. The summed E-state index contributed by atoms with van der Waals surface area (Å²) in [6.45, 7) is 0.917. The van der Waals surface area contributed by atoms with Gasteiger partial charge in [0, 0.05) is 12.6 Å². The van der Waals surface area contributed by atoms with Gasteiger partial charge in [-0.2, -0.15) is 0 Å². The fourth-order valence-electron chi connectivity index (χ4n) is 2.22. The first-order chi connectivity index (χ1) is 5.79. The first-order valence-electron chi connectivity index (χ1n) is 4.84. The molecule has 68 valence electrons. The van der Waals surface area contributed by atoms with Crippen molar-refractivity contribution in [1.82, 2.24) is 4.90 Å². The Hall–Kier alpha value is -0.570. The zero-order chi connectivity index (χ0) is 8.55. The van der Waals surface area contributed by atoms with Gasteiger partial charge in [-0.25, -0.2) is 0 Å². The molecule has 3 nitrogen and oxygen atoms in total. The van der Waals surface area contributed by atoms with Crippen molar-refractivity contribution in [3.63, 3.8) is 0 Å². The minimum atomic E-state index is -0.138. The molecule has 0 aromatic carbocycles. The zero-order valence-electron chi connectivity index (χ0n) is 7.33. The molecule has 0 aromatic rings. The van der Waals surface area contributed by atoms with E-state index in [2.05, 4.69) is 4.90 Å². The lowest BCUT2D eigenvalue weighted by molar-refractivity contribution is -0.118. The van der Waals surface area contributed by atoms with Gasteiger partial charge >= 0.3 is 0 Å². The number of nitrogens with zero attached hydrogens (tertiary/aromatic N) is 1. The van der Waals surface area contributed by atoms with Crippen LogP contribution in [-0.4, -0.2) is 29.4 Å². The van der Waals surface area contributed by atoms with Gasteiger partial charge in [0.1, 0.15) is 6.04 Å². The first kappa shape index (κ1) is 8.05. The van der Waals surface area contributed by atoms with Crippen molar-refractivity contribution in [3.05, 3.63) is 0 Å². The van der Waals surface area contributed by atoms with E-state index in [9.17, 15) is 4.79 Å². The van der Waals surface area contributed by atoms with Crippen LogP contribution in [0.15, 0.2) is 0 Å². The molecule has 0 bridgehead atoms. The molecule has 1 saturated carbocycles. The fraction of sp³-hybridized carbons (Fsp3) is 0.889. The number of primary amides is 1. The van der Waals surface area contributed by atoms with Gasteiger partial charge in [0.25, 0.3) is 0 Å². The number of hydrogen-bond donors (Lipinski definition) is 1. The first-order valence-corrected chi connectivity index (χ1v) is 4.84. The zero-order valence-corrected chi connectivity index (χ0v) is 7.33. The Morgan fingerprint density at radius 1 is 1.25 bits per heavy atom. The van der Waals surface area contributed by atoms with Crippen molar-refractivity contribution >= 4 is 5.91 Å². The lowest BCUT2D eigenvalue weighted by Gasteiger charge is -2.22. The molecule has 1 aliphatic heterocycles. The average molecular weight is 168 g/mol. The van der Waals surface area contributed by atoms with Gasteiger partial charge < -0.3 is 5.73 Å². The van der Waals surface area contributed by atoms with E-state index in [-0.39, 0.29) is 11.9 Å². The minimum Gasteiger partial charge on any atom is -0.368 e. The summed E-state index contributed by atoms with van der Waals surface area (Å²) in [4.78, 5) is 13.0. The predicted octanol–water partition coefficient (Wildman–Crippen LogP) is 0.489. The predicted molar refractivity (Wildman–Crippen MR) is 46.6 cm³/mol. The Balaban J connectivity index is 1.83. The van der Waals surface area contributed by atoms with Gasteiger partial charge in [-0.1, -0.05) is 19.3 Å². The average Bonchev–Trinajstić information content (AvgIpc) is 2.84. The number of carbonyl (C=O) groups excluding carboxylic acids is 1. The Kier molecular flexibility index (Phi) is 2.05. The molecule has 2 atom stereocenters. The number of carbonyl (C=O) groups is 1. The molecule has 1 aliphatic carbocycles. The molecule has 2 rings (SSSR count). The summed E-state index contributed by atoms with van der Waals surface area (Å²) >= 11 is 0. The summed E-state index contributed by atoms with van der Waals surface area (Å²) in [6.07, 6.45) is 6.55. The quantitative estimate of drug-likeness (QED) is 0.610. The van der Waals surface area contributed by atoms with Gasteiger partial charge in [0.15, 0.2) is 0 Å². The van der Waals surface area contributed by atoms with E-state index in [0.717, 1.165) is 6.54 Å². The Morgan fingerprint density at radius 3 is 2.42 bits per heavy atom. The van der Waals surface area contributed by atoms with E-state index in [0.29, 0.717) is 6.04 Å². The van der Waals surface area contributed by atoms with Gasteiger partial charge in [-0.05, 0) is 12.8 Å². The lowest BCUT2D eigenvalue weighted by atomic mass is 9.95. The highest BCUT2D eigenvalue weighted by Crippen LogP contribution is 2.30. The number of hydrogen-bond acceptors (Lipinski definition) is 2. The van der Waals surface area contributed by atoms with Crippen molar-refractivity contribution in [2.45, 2.75) is 44.2 Å². The van der Waals surface area contributed by atoms with Crippen LogP contribution in [0.3, 0.4) is 0 Å². The van der Waals surface area contributed by atoms with Crippen molar-refractivity contribution < 1.29 is 4.79 Å². The van der Waals surface area contributed by atoms with Crippen LogP contribution in [0.25, 0.3) is 0 Å². The second-order valence-corrected chi connectivity index (χ2v) is 3.91. The second-order valence-electron chi connectivity index (χ2n) is 3.91. The third kappa shape index (κ3) is 1.46. The molecule has 0 spiro atoms. The van der Waals surface area contributed by atoms with Crippen LogP contribution in [0, 0.1) is 0 Å². The Bertz CT molecular complexity index is 187. The van der Waals surface area contributed by atoms with E-state index < -0.39 is 0 Å². The maximum absolute atomic E-state index is 10.8. The summed E-state index contributed by atoms with van der Waals surface area (Å²) < 4.78 is 0. The van der Waals surface area contributed by atoms with E-state index in [4.69, 9.17) is 5.73 Å². The van der Waals surface area contributed by atoms with E-state index in [1.807, 2.05) is 0 Å². The maximum atomic E-state index is 10.8. The normalized spacial score (nSPS) is 36.3. The Morgan fingerprint density at radius 2 is 1.92 bits per heavy atom. The van der Waals surface area contributed by atoms with Crippen LogP contribution in [0.2, 0.25) is 0 Å². The molecule has 2 fully saturated rings. The van der Waals surface area contributed by atoms with E-state index >= 15 is 0 Å². The number of amides is 1. The largest absolute Gasteiger partial charge is 0.368 e. The van der Waals surface area contributed by atoms with Gasteiger partial charge in [0.2, 0.25) is 5.91 Å². The second kappa shape index (κ2) is 3.05. The molecule has 2 N–H and O–H groups in total. The molecular formula is C9H16N2O. The highest BCUT2D eigenvalue weighted by atomic mass is 16.1. The molecule has 0 radical (unpaired) electrons. The molecule has 2 aliphatic rings. The minimum absolute atomic E-state index is 0.0769. The van der Waals surface area contributed by atoms with Gasteiger partial charge in [-0.3, -0.25) is 9.69 Å². The van der Waals surface area contributed by atoms with Crippen molar-refractivity contribution in [3.8, 4) is 0 Å². The molecule has 1 saturated heterocycles. The lowest BCUT2D eigenvalue weighted by Crippen LogP contribution is -2.29. The molecule has 3 heteroatoms. The summed E-state index contributed by atoms with van der Waals surface area (Å²) in [5.41, 5.74) is 5.21. The molecule has 1 unspecified atom stereocenters. The summed E-state index contributed by atoms with van der Waals surface area (Å²) in [7, 11) is 0. The maximum Gasteiger partial charge on any atom is 0.236 e. The third-order valence-electron chi connectivity index (χ3n) is 3.02. The van der Waals surface area contributed by atoms with Crippen LogP contribution in [0.4, 0.5) is 0 Å². The highest BCUT2D eigenvalue weighted by Gasteiger charge is 2.43. The van der Waals surface area contributed by atoms with Crippen LogP contribution < -0.4 is 5.73 Å². The molecule has 0 aromatic heterocycles. The van der Waals surface area contributed by atoms with Crippen LogP contribution in [-0.2, 0) is 4.79 Å². The fourth-order valence-corrected chi connectivity index (χ4v) is 2.22. The van der Waals surface area contributed by atoms with Gasteiger partial charge in [-0.15, -0.1) is 0 Å². The van der Waals surface area contributed by atoms with Gasteiger partial charge in [0.05, 0.1) is 0 Å². The highest BCUT2D eigenvalue weighted by molar-refractivity contribution is 5.82. The van der Waals surface area contributed by atoms with E-state index in [1.165, 1.54) is 32.1 Å². The molecule has 1 heterocycles. The Labute approximate surface area is 72.9 Å². The number of nitrogens with two attached hydrogens (primary N) is 1. The van der Waals surface area contributed by atoms with Crippen molar-refractivity contribution in [1.29, 1.82) is 0 Å². The van der Waals surface area contributed by atoms with E-state index in [1.54, 1.807) is 0 Å². The summed E-state index contributed by atoms with van der Waals surface area (Å²) in [5.74, 6) is -0.138. The smallest absolute Gasteiger partial charge is 0.236 e. The topological polar surface area (TPSA) is 46.1 Å². The molecule has 12 heavy (non-hydrogen) atoms. The summed E-state index contributed by atoms with van der Waals surface area (Å²) in [5, 5.41) is 0. The molecule has 1 amide bonds. The summed E-state index contributed by atoms with van der Waals surface area (Å²) in [6, 6.07) is 0.740. The SMILES string of the molecule is NC(=O)[C@@H]1CN1C1CCCCC1. The van der Waals surface area contributed by atoms with Crippen LogP contribution >= 0.6 is 0 Å². The van der Waals surface area contributed by atoms with Crippen LogP contribution in [0.5, 0.6) is 0 Å². The van der Waals surface area contributed by atoms with Crippen LogP contribution in [0.1, 0.15) is 32.1 Å². The third-order valence-corrected chi connectivity index (χ3v) is 3.02.